The first-order chi connectivity index (χ1) is 13.5. The molecule has 2 unspecified atom stereocenters. The summed E-state index contributed by atoms with van der Waals surface area (Å²) < 4.78 is 24.1. The van der Waals surface area contributed by atoms with Crippen LogP contribution in [0.15, 0.2) is 30.3 Å². The quantitative estimate of drug-likeness (QED) is 0.581. The summed E-state index contributed by atoms with van der Waals surface area (Å²) in [6.07, 6.45) is -2.27. The molecular weight excluding hydrogens is 390 g/mol. The Labute approximate surface area is 173 Å². The Kier molecular flexibility index (Phi) is 6.19. The van der Waals surface area contributed by atoms with E-state index in [9.17, 15) is 9.59 Å². The lowest BCUT2D eigenvalue weighted by Gasteiger charge is -2.40. The number of carbonyl (C=O) groups excluding carboxylic acids is 2. The Morgan fingerprint density at radius 2 is 1.86 bits per heavy atom. The summed E-state index contributed by atoms with van der Waals surface area (Å²) >= 11 is 0. The summed E-state index contributed by atoms with van der Waals surface area (Å²) in [7, 11) is -2.25. The number of amides is 1. The standard InChI is InChI=1S/C21H31NO6Si/c1-13(23)22-16-18(28-29(5,6)21(2,3)4)17(27-19(16)24)15-12-25-20(26-15)14-10-8-7-9-11-14/h7-11,15-18,20H,12H2,1-6H3,(H,22,23)/t15?,16-,17-,18+,20?/m1/s1. The second kappa shape index (κ2) is 8.18. The molecular formula is C21H31NO6Si. The summed E-state index contributed by atoms with van der Waals surface area (Å²) in [6.45, 7) is 12.2. The smallest absolute Gasteiger partial charge is 0.331 e. The van der Waals surface area contributed by atoms with E-state index in [4.69, 9.17) is 18.6 Å². The highest BCUT2D eigenvalue weighted by atomic mass is 28.4. The third-order valence-electron chi connectivity index (χ3n) is 5.90. The van der Waals surface area contributed by atoms with Crippen LogP contribution in [0.2, 0.25) is 18.1 Å². The van der Waals surface area contributed by atoms with E-state index in [0.29, 0.717) is 0 Å². The van der Waals surface area contributed by atoms with E-state index in [1.165, 1.54) is 6.92 Å². The topological polar surface area (TPSA) is 83.1 Å². The molecule has 2 heterocycles. The Hall–Kier alpha value is -1.74. The normalized spacial score (nSPS) is 30.3. The fraction of sp³-hybridized carbons (Fsp3) is 0.619. The van der Waals surface area contributed by atoms with E-state index in [1.807, 2.05) is 30.3 Å². The van der Waals surface area contributed by atoms with Crippen molar-refractivity contribution in [1.82, 2.24) is 5.32 Å². The van der Waals surface area contributed by atoms with Gasteiger partial charge in [-0.3, -0.25) is 4.79 Å². The van der Waals surface area contributed by atoms with Crippen LogP contribution in [0.1, 0.15) is 39.5 Å². The van der Waals surface area contributed by atoms with Crippen LogP contribution in [0.25, 0.3) is 0 Å². The SMILES string of the molecule is CC(=O)N[C@H]1C(=O)O[C@H](C2COC(c3ccccc3)O2)[C@H]1O[Si](C)(C)C(C)(C)C. The first kappa shape index (κ1) is 22.0. The molecule has 2 aliphatic rings. The molecule has 29 heavy (non-hydrogen) atoms. The average molecular weight is 422 g/mol. The van der Waals surface area contributed by atoms with Crippen molar-refractivity contribution in [2.24, 2.45) is 0 Å². The zero-order chi connectivity index (χ0) is 21.4. The predicted molar refractivity (Wildman–Crippen MR) is 110 cm³/mol. The number of cyclic esters (lactones) is 1. The van der Waals surface area contributed by atoms with Crippen LogP contribution >= 0.6 is 0 Å². The molecule has 2 saturated heterocycles. The molecule has 1 aromatic carbocycles. The van der Waals surface area contributed by atoms with Gasteiger partial charge in [-0.05, 0) is 18.1 Å². The number of benzene rings is 1. The summed E-state index contributed by atoms with van der Waals surface area (Å²) in [5, 5.41) is 2.63. The van der Waals surface area contributed by atoms with Crippen LogP contribution in [-0.4, -0.2) is 51.2 Å². The molecule has 8 heteroatoms. The average Bonchev–Trinajstić information content (AvgIpc) is 3.21. The van der Waals surface area contributed by atoms with E-state index in [2.05, 4.69) is 39.2 Å². The van der Waals surface area contributed by atoms with Gasteiger partial charge in [0.2, 0.25) is 5.91 Å². The summed E-state index contributed by atoms with van der Waals surface area (Å²) in [6, 6.07) is 8.76. The molecule has 3 rings (SSSR count). The third-order valence-corrected chi connectivity index (χ3v) is 10.4. The summed E-state index contributed by atoms with van der Waals surface area (Å²) in [5.41, 5.74) is 0.902. The monoisotopic (exact) mass is 421 g/mol. The largest absolute Gasteiger partial charge is 0.455 e. The van der Waals surface area contributed by atoms with Crippen molar-refractivity contribution in [3.05, 3.63) is 35.9 Å². The molecule has 0 aromatic heterocycles. The lowest BCUT2D eigenvalue weighted by atomic mass is 10.0. The molecule has 2 fully saturated rings. The predicted octanol–water partition coefficient (Wildman–Crippen LogP) is 2.92. The van der Waals surface area contributed by atoms with Gasteiger partial charge < -0.3 is 24.0 Å². The van der Waals surface area contributed by atoms with Gasteiger partial charge in [-0.1, -0.05) is 51.1 Å². The van der Waals surface area contributed by atoms with Crippen molar-refractivity contribution in [3.8, 4) is 0 Å². The van der Waals surface area contributed by atoms with Gasteiger partial charge in [0, 0.05) is 12.5 Å². The van der Waals surface area contributed by atoms with Crippen LogP contribution in [0.3, 0.4) is 0 Å². The van der Waals surface area contributed by atoms with Crippen LogP contribution in [-0.2, 0) is 28.2 Å². The number of carbonyl (C=O) groups is 2. The van der Waals surface area contributed by atoms with Crippen molar-refractivity contribution in [2.75, 3.05) is 6.61 Å². The minimum Gasteiger partial charge on any atom is -0.455 e. The zero-order valence-corrected chi connectivity index (χ0v) is 18.9. The molecule has 160 valence electrons. The minimum absolute atomic E-state index is 0.0659. The van der Waals surface area contributed by atoms with Crippen molar-refractivity contribution < 1.29 is 28.2 Å². The maximum atomic E-state index is 12.6. The maximum Gasteiger partial charge on any atom is 0.331 e. The highest BCUT2D eigenvalue weighted by Crippen LogP contribution is 2.41. The lowest BCUT2D eigenvalue weighted by molar-refractivity contribution is -0.150. The number of esters is 1. The van der Waals surface area contributed by atoms with Gasteiger partial charge in [-0.2, -0.15) is 0 Å². The van der Waals surface area contributed by atoms with Crippen molar-refractivity contribution >= 4 is 20.2 Å². The van der Waals surface area contributed by atoms with Crippen LogP contribution < -0.4 is 5.32 Å². The van der Waals surface area contributed by atoms with Crippen LogP contribution in [0, 0.1) is 0 Å². The van der Waals surface area contributed by atoms with E-state index < -0.39 is 44.9 Å². The highest BCUT2D eigenvalue weighted by Gasteiger charge is 2.55. The first-order valence-corrected chi connectivity index (χ1v) is 12.9. The highest BCUT2D eigenvalue weighted by molar-refractivity contribution is 6.74. The molecule has 0 spiro atoms. The molecule has 5 atom stereocenters. The van der Waals surface area contributed by atoms with E-state index in [1.54, 1.807) is 0 Å². The molecule has 2 aliphatic heterocycles. The Bertz CT molecular complexity index is 747. The summed E-state index contributed by atoms with van der Waals surface area (Å²) in [4.78, 5) is 24.3. The second-order valence-electron chi connectivity index (χ2n) is 9.17. The fourth-order valence-electron chi connectivity index (χ4n) is 3.27. The Morgan fingerprint density at radius 3 is 2.45 bits per heavy atom. The van der Waals surface area contributed by atoms with Crippen molar-refractivity contribution in [1.29, 1.82) is 0 Å². The van der Waals surface area contributed by atoms with Gasteiger partial charge in [0.05, 0.1) is 6.61 Å². The molecule has 1 aromatic rings. The minimum atomic E-state index is -2.25. The van der Waals surface area contributed by atoms with E-state index in [-0.39, 0.29) is 17.6 Å². The summed E-state index contributed by atoms with van der Waals surface area (Å²) in [5.74, 6) is -0.803. The third kappa shape index (κ3) is 4.71. The molecule has 0 radical (unpaired) electrons. The van der Waals surface area contributed by atoms with Crippen molar-refractivity contribution in [3.63, 3.8) is 0 Å². The molecule has 1 N–H and O–H groups in total. The van der Waals surface area contributed by atoms with E-state index >= 15 is 0 Å². The number of ether oxygens (including phenoxy) is 3. The zero-order valence-electron chi connectivity index (χ0n) is 17.9. The Balaban J connectivity index is 1.82. The molecule has 0 bridgehead atoms. The molecule has 1 amide bonds. The van der Waals surface area contributed by atoms with Crippen LogP contribution in [0.4, 0.5) is 0 Å². The van der Waals surface area contributed by atoms with Gasteiger partial charge in [-0.15, -0.1) is 0 Å². The molecule has 7 nitrogen and oxygen atoms in total. The van der Waals surface area contributed by atoms with Gasteiger partial charge in [0.1, 0.15) is 12.2 Å². The van der Waals surface area contributed by atoms with Gasteiger partial charge in [-0.25, -0.2) is 4.79 Å². The van der Waals surface area contributed by atoms with Crippen molar-refractivity contribution in [2.45, 2.75) is 76.5 Å². The number of rotatable bonds is 5. The van der Waals surface area contributed by atoms with Gasteiger partial charge in [0.15, 0.2) is 26.8 Å². The molecule has 0 saturated carbocycles. The lowest BCUT2D eigenvalue weighted by Crippen LogP contribution is -2.55. The number of hydrogen-bond acceptors (Lipinski definition) is 6. The number of hydrogen-bond donors (Lipinski definition) is 1. The molecule has 0 aliphatic carbocycles. The van der Waals surface area contributed by atoms with Gasteiger partial charge >= 0.3 is 5.97 Å². The second-order valence-corrected chi connectivity index (χ2v) is 13.9. The maximum absolute atomic E-state index is 12.6. The van der Waals surface area contributed by atoms with Crippen LogP contribution in [0.5, 0.6) is 0 Å². The number of nitrogens with one attached hydrogen (secondary N) is 1. The fourth-order valence-corrected chi connectivity index (χ4v) is 4.58. The Morgan fingerprint density at radius 1 is 1.21 bits per heavy atom. The van der Waals surface area contributed by atoms with E-state index in [0.717, 1.165) is 5.56 Å². The van der Waals surface area contributed by atoms with Gasteiger partial charge in [0.25, 0.3) is 0 Å². The first-order valence-electron chi connectivity index (χ1n) is 9.97.